The summed E-state index contributed by atoms with van der Waals surface area (Å²) >= 11 is 0. The molecule has 1 aliphatic rings. The Bertz CT molecular complexity index is 490. The van der Waals surface area contributed by atoms with Gasteiger partial charge in [0.05, 0.1) is 0 Å². The van der Waals surface area contributed by atoms with Gasteiger partial charge in [-0.2, -0.15) is 0 Å². The number of ether oxygens (including phenoxy) is 2. The maximum absolute atomic E-state index is 12.3. The number of aromatic nitrogens is 1. The molecule has 0 aromatic carbocycles. The van der Waals surface area contributed by atoms with Gasteiger partial charge in [0.25, 0.3) is 5.79 Å². The normalized spacial score (nSPS) is 20.1. The molecule has 5 nitrogen and oxygen atoms in total. The molecule has 0 atom stereocenters. The number of rotatable bonds is 4. The molecule has 20 heavy (non-hydrogen) atoms. The fourth-order valence-electron chi connectivity index (χ4n) is 2.32. The topological polar surface area (TPSA) is 65.5 Å². The fraction of sp³-hybridized carbons (Fsp3) is 0.533. The van der Waals surface area contributed by atoms with Crippen LogP contribution in [-0.4, -0.2) is 22.7 Å². The van der Waals surface area contributed by atoms with Crippen LogP contribution in [0.3, 0.4) is 0 Å². The summed E-state index contributed by atoms with van der Waals surface area (Å²) in [6, 6.07) is 3.74. The molecule has 1 saturated heterocycles. The molecule has 0 spiro atoms. The van der Waals surface area contributed by atoms with Crippen molar-refractivity contribution in [3.8, 4) is 0 Å². The highest BCUT2D eigenvalue weighted by Gasteiger charge is 2.54. The summed E-state index contributed by atoms with van der Waals surface area (Å²) in [5.41, 5.74) is -0.169. The van der Waals surface area contributed by atoms with Gasteiger partial charge in [-0.25, -0.2) is 0 Å². The van der Waals surface area contributed by atoms with Crippen LogP contribution in [0.2, 0.25) is 0 Å². The van der Waals surface area contributed by atoms with Gasteiger partial charge in [-0.05, 0) is 37.0 Å². The van der Waals surface area contributed by atoms with Gasteiger partial charge >= 0.3 is 11.9 Å². The lowest BCUT2D eigenvalue weighted by molar-refractivity contribution is -0.251. The second-order valence-corrected chi connectivity index (χ2v) is 5.47. The molecule has 0 unspecified atom stereocenters. The Morgan fingerprint density at radius 1 is 1.10 bits per heavy atom. The van der Waals surface area contributed by atoms with Gasteiger partial charge in [0.15, 0.2) is 5.41 Å². The molecule has 2 heterocycles. The molecule has 0 bridgehead atoms. The standard InChI is InChI=1S/C15H19NO4/c1-4-15(8-5-11-6-9-16-10-7-11)12(17)19-14(2,3)20-13(15)18/h6-7,9-10H,4-5,8H2,1-3H3. The second-order valence-electron chi connectivity index (χ2n) is 5.47. The third kappa shape index (κ3) is 2.66. The molecule has 1 aromatic rings. The van der Waals surface area contributed by atoms with Crippen LogP contribution in [0.15, 0.2) is 24.5 Å². The summed E-state index contributed by atoms with van der Waals surface area (Å²) < 4.78 is 10.5. The van der Waals surface area contributed by atoms with E-state index in [4.69, 9.17) is 9.47 Å². The minimum Gasteiger partial charge on any atom is -0.422 e. The Morgan fingerprint density at radius 3 is 2.15 bits per heavy atom. The zero-order valence-corrected chi connectivity index (χ0v) is 12.0. The first-order valence-corrected chi connectivity index (χ1v) is 6.75. The summed E-state index contributed by atoms with van der Waals surface area (Å²) in [7, 11) is 0. The second kappa shape index (κ2) is 5.23. The Kier molecular flexibility index (Phi) is 3.79. The van der Waals surface area contributed by atoms with E-state index in [1.54, 1.807) is 33.2 Å². The van der Waals surface area contributed by atoms with Gasteiger partial charge in [-0.1, -0.05) is 6.92 Å². The monoisotopic (exact) mass is 277 g/mol. The fourth-order valence-corrected chi connectivity index (χ4v) is 2.32. The highest BCUT2D eigenvalue weighted by Crippen LogP contribution is 2.38. The van der Waals surface area contributed by atoms with E-state index < -0.39 is 23.1 Å². The van der Waals surface area contributed by atoms with Crippen molar-refractivity contribution in [1.29, 1.82) is 0 Å². The van der Waals surface area contributed by atoms with Crippen LogP contribution in [0.5, 0.6) is 0 Å². The van der Waals surface area contributed by atoms with Crippen LogP contribution in [0.1, 0.15) is 39.2 Å². The maximum Gasteiger partial charge on any atom is 0.326 e. The van der Waals surface area contributed by atoms with Crippen LogP contribution in [-0.2, 0) is 25.5 Å². The largest absolute Gasteiger partial charge is 0.422 e. The molecule has 0 saturated carbocycles. The van der Waals surface area contributed by atoms with E-state index in [0.29, 0.717) is 19.3 Å². The van der Waals surface area contributed by atoms with Crippen molar-refractivity contribution in [2.45, 2.75) is 45.8 Å². The van der Waals surface area contributed by atoms with Crippen LogP contribution in [0.25, 0.3) is 0 Å². The number of cyclic esters (lactones) is 2. The molecular weight excluding hydrogens is 258 g/mol. The van der Waals surface area contributed by atoms with Gasteiger partial charge in [0, 0.05) is 26.2 Å². The first-order valence-electron chi connectivity index (χ1n) is 6.75. The lowest BCUT2D eigenvalue weighted by Gasteiger charge is -2.39. The van der Waals surface area contributed by atoms with Crippen molar-refractivity contribution < 1.29 is 19.1 Å². The smallest absolute Gasteiger partial charge is 0.326 e. The van der Waals surface area contributed by atoms with E-state index in [-0.39, 0.29) is 0 Å². The number of hydrogen-bond donors (Lipinski definition) is 0. The molecular formula is C15H19NO4. The quantitative estimate of drug-likeness (QED) is 0.624. The third-order valence-electron chi connectivity index (χ3n) is 3.65. The highest BCUT2D eigenvalue weighted by atomic mass is 16.7. The van der Waals surface area contributed by atoms with Gasteiger partial charge in [0.1, 0.15) is 0 Å². The van der Waals surface area contributed by atoms with E-state index in [1.807, 2.05) is 12.1 Å². The average Bonchev–Trinajstić information content (AvgIpc) is 2.38. The highest BCUT2D eigenvalue weighted by molar-refractivity contribution is 6.01. The van der Waals surface area contributed by atoms with E-state index in [2.05, 4.69) is 4.98 Å². The predicted molar refractivity (Wildman–Crippen MR) is 71.5 cm³/mol. The van der Waals surface area contributed by atoms with Crippen LogP contribution in [0, 0.1) is 5.41 Å². The summed E-state index contributed by atoms with van der Waals surface area (Å²) in [6.45, 7) is 4.92. The van der Waals surface area contributed by atoms with Crippen LogP contribution >= 0.6 is 0 Å². The predicted octanol–water partition coefficient (Wildman–Crippen LogP) is 2.25. The Balaban J connectivity index is 2.17. The van der Waals surface area contributed by atoms with Crippen molar-refractivity contribution >= 4 is 11.9 Å². The lowest BCUT2D eigenvalue weighted by Crippen LogP contribution is -2.53. The Morgan fingerprint density at radius 2 is 1.65 bits per heavy atom. The van der Waals surface area contributed by atoms with E-state index in [0.717, 1.165) is 5.56 Å². The zero-order valence-electron chi connectivity index (χ0n) is 12.0. The molecule has 1 fully saturated rings. The lowest BCUT2D eigenvalue weighted by atomic mass is 9.79. The Labute approximate surface area is 118 Å². The summed E-state index contributed by atoms with van der Waals surface area (Å²) in [5, 5.41) is 0. The van der Waals surface area contributed by atoms with Gasteiger partial charge in [-0.15, -0.1) is 0 Å². The molecule has 108 valence electrons. The Hall–Kier alpha value is -1.91. The summed E-state index contributed by atoms with van der Waals surface area (Å²) in [5.74, 6) is -2.16. The molecule has 5 heteroatoms. The third-order valence-corrected chi connectivity index (χ3v) is 3.65. The number of hydrogen-bond acceptors (Lipinski definition) is 5. The van der Waals surface area contributed by atoms with Gasteiger partial charge in [0.2, 0.25) is 0 Å². The molecule has 0 radical (unpaired) electrons. The van der Waals surface area contributed by atoms with E-state index >= 15 is 0 Å². The van der Waals surface area contributed by atoms with E-state index in [9.17, 15) is 9.59 Å². The maximum atomic E-state index is 12.3. The van der Waals surface area contributed by atoms with Gasteiger partial charge in [-0.3, -0.25) is 14.6 Å². The number of aryl methyl sites for hydroxylation is 1. The van der Waals surface area contributed by atoms with Crippen molar-refractivity contribution in [1.82, 2.24) is 4.98 Å². The molecule has 0 aliphatic carbocycles. The summed E-state index contributed by atoms with van der Waals surface area (Å²) in [6.07, 6.45) is 4.72. The van der Waals surface area contributed by atoms with Crippen molar-refractivity contribution in [3.05, 3.63) is 30.1 Å². The molecule has 0 amide bonds. The van der Waals surface area contributed by atoms with Crippen LogP contribution in [0.4, 0.5) is 0 Å². The zero-order chi connectivity index (χ0) is 14.8. The minimum absolute atomic E-state index is 0.367. The first kappa shape index (κ1) is 14.5. The molecule has 0 N–H and O–H groups in total. The number of carbonyl (C=O) groups excluding carboxylic acids is 2. The van der Waals surface area contributed by atoms with Crippen LogP contribution < -0.4 is 0 Å². The van der Waals surface area contributed by atoms with E-state index in [1.165, 1.54) is 0 Å². The van der Waals surface area contributed by atoms with Crippen molar-refractivity contribution in [3.63, 3.8) is 0 Å². The minimum atomic E-state index is -1.20. The van der Waals surface area contributed by atoms with Crippen molar-refractivity contribution in [2.75, 3.05) is 0 Å². The number of carbonyl (C=O) groups is 2. The molecule has 1 aromatic heterocycles. The van der Waals surface area contributed by atoms with Gasteiger partial charge < -0.3 is 9.47 Å². The number of esters is 2. The molecule has 1 aliphatic heterocycles. The average molecular weight is 277 g/mol. The molecule has 2 rings (SSSR count). The number of nitrogens with zero attached hydrogens (tertiary/aromatic N) is 1. The summed E-state index contributed by atoms with van der Waals surface area (Å²) in [4.78, 5) is 28.5. The first-order chi connectivity index (χ1) is 9.39. The van der Waals surface area contributed by atoms with Crippen molar-refractivity contribution in [2.24, 2.45) is 5.41 Å². The SMILES string of the molecule is CCC1(CCc2ccncc2)C(=O)OC(C)(C)OC1=O. The number of pyridine rings is 1.